The normalized spacial score (nSPS) is 13.9. The van der Waals surface area contributed by atoms with Crippen LogP contribution in [0.4, 0.5) is 11.6 Å². The van der Waals surface area contributed by atoms with Crippen molar-refractivity contribution < 1.29 is 9.53 Å². The summed E-state index contributed by atoms with van der Waals surface area (Å²) in [5.41, 5.74) is 1.27. The number of hydrogen-bond donors (Lipinski definition) is 2. The van der Waals surface area contributed by atoms with Gasteiger partial charge in [0.15, 0.2) is 11.5 Å². The Hall–Kier alpha value is -3.56. The van der Waals surface area contributed by atoms with E-state index in [1.54, 1.807) is 48.4 Å². The van der Waals surface area contributed by atoms with Gasteiger partial charge in [0.25, 0.3) is 0 Å². The zero-order valence-corrected chi connectivity index (χ0v) is 17.2. The number of aromatic nitrogens is 5. The van der Waals surface area contributed by atoms with Crippen molar-refractivity contribution in [1.29, 1.82) is 0 Å². The lowest BCUT2D eigenvalue weighted by molar-refractivity contribution is -0.117. The molecule has 1 fully saturated rings. The van der Waals surface area contributed by atoms with E-state index in [0.29, 0.717) is 45.2 Å². The molecule has 1 saturated carbocycles. The third-order valence-corrected chi connectivity index (χ3v) is 5.09. The first kappa shape index (κ1) is 20.4. The molecule has 0 aromatic carbocycles. The number of rotatable bonds is 6. The van der Waals surface area contributed by atoms with Crippen molar-refractivity contribution in [2.45, 2.75) is 18.1 Å². The molecule has 0 saturated heterocycles. The second-order valence-corrected chi connectivity index (χ2v) is 7.76. The van der Waals surface area contributed by atoms with E-state index in [1.807, 2.05) is 0 Å². The third-order valence-electron chi connectivity index (χ3n) is 5.09. The maximum absolute atomic E-state index is 12.2. The molecule has 152 valence electrons. The first-order chi connectivity index (χ1) is 15.3. The Balaban J connectivity index is 1.64. The predicted octanol–water partition coefficient (Wildman–Crippen LogP) is 1.23. The van der Waals surface area contributed by atoms with Crippen LogP contribution in [0, 0.1) is 5.92 Å². The van der Waals surface area contributed by atoms with Crippen LogP contribution in [-0.4, -0.2) is 66.4 Å². The Bertz CT molecular complexity index is 1350. The van der Waals surface area contributed by atoms with Gasteiger partial charge in [-0.2, -0.15) is 0 Å². The number of nitrogens with one attached hydrogen (secondary N) is 2. The average Bonchev–Trinajstić information content (AvgIpc) is 3.52. The fourth-order valence-corrected chi connectivity index (χ4v) is 3.36. The van der Waals surface area contributed by atoms with Crippen molar-refractivity contribution in [3.63, 3.8) is 0 Å². The van der Waals surface area contributed by atoms with Gasteiger partial charge in [-0.1, -0.05) is 5.24 Å². The third kappa shape index (κ3) is 4.00. The SMILES string of the molecule is [B]C([B])([B])Nc1ncc(-c2nc3ccc(OC)cn3n2)c2cc(NC(=O)C3CC3)ncc12. The minimum Gasteiger partial charge on any atom is -0.495 e. The highest BCUT2D eigenvalue weighted by Gasteiger charge is 2.30. The van der Waals surface area contributed by atoms with Crippen LogP contribution < -0.4 is 15.4 Å². The minimum atomic E-state index is -1.68. The van der Waals surface area contributed by atoms with Crippen molar-refractivity contribution >= 4 is 57.5 Å². The van der Waals surface area contributed by atoms with E-state index in [2.05, 4.69) is 30.7 Å². The highest BCUT2D eigenvalue weighted by atomic mass is 16.5. The number of fused-ring (bicyclic) bond motifs is 2. The van der Waals surface area contributed by atoms with Gasteiger partial charge in [-0.3, -0.25) is 4.79 Å². The van der Waals surface area contributed by atoms with Crippen molar-refractivity contribution in [3.05, 3.63) is 36.8 Å². The maximum Gasteiger partial charge on any atom is 0.228 e. The highest BCUT2D eigenvalue weighted by Crippen LogP contribution is 2.33. The van der Waals surface area contributed by atoms with Gasteiger partial charge in [0, 0.05) is 34.6 Å². The molecule has 1 aliphatic rings. The first-order valence-corrected chi connectivity index (χ1v) is 9.96. The van der Waals surface area contributed by atoms with E-state index in [0.717, 1.165) is 12.8 Å². The minimum absolute atomic E-state index is 0.0454. The van der Waals surface area contributed by atoms with Gasteiger partial charge in [-0.15, -0.1) is 5.10 Å². The molecule has 0 spiro atoms. The van der Waals surface area contributed by atoms with E-state index < -0.39 is 5.24 Å². The van der Waals surface area contributed by atoms with Crippen LogP contribution in [0.15, 0.2) is 36.8 Å². The maximum atomic E-state index is 12.2. The van der Waals surface area contributed by atoms with Crippen molar-refractivity contribution in [2.75, 3.05) is 17.7 Å². The van der Waals surface area contributed by atoms with Crippen LogP contribution in [-0.2, 0) is 4.79 Å². The largest absolute Gasteiger partial charge is 0.495 e. The summed E-state index contributed by atoms with van der Waals surface area (Å²) in [7, 11) is 18.7. The number of pyridine rings is 3. The number of carbonyl (C=O) groups excluding carboxylic acids is 1. The average molecular weight is 419 g/mol. The zero-order valence-electron chi connectivity index (χ0n) is 17.2. The van der Waals surface area contributed by atoms with Crippen molar-refractivity contribution in [3.8, 4) is 17.1 Å². The number of amides is 1. The molecule has 5 rings (SSSR count). The van der Waals surface area contributed by atoms with Gasteiger partial charge in [0.2, 0.25) is 5.91 Å². The van der Waals surface area contributed by atoms with Crippen LogP contribution in [0.2, 0.25) is 0 Å². The molecule has 6 radical (unpaired) electrons. The molecule has 4 heterocycles. The predicted molar refractivity (Wildman–Crippen MR) is 123 cm³/mol. The van der Waals surface area contributed by atoms with E-state index in [-0.39, 0.29) is 11.8 Å². The number of nitrogens with zero attached hydrogens (tertiary/aromatic N) is 5. The number of hydrogen-bond acceptors (Lipinski definition) is 7. The lowest BCUT2D eigenvalue weighted by Gasteiger charge is -2.24. The van der Waals surface area contributed by atoms with E-state index in [1.165, 1.54) is 0 Å². The summed E-state index contributed by atoms with van der Waals surface area (Å²) < 4.78 is 6.87. The number of ether oxygens (including phenoxy) is 1. The molecule has 0 bridgehead atoms. The van der Waals surface area contributed by atoms with Gasteiger partial charge < -0.3 is 15.4 Å². The molecule has 4 aromatic heterocycles. The van der Waals surface area contributed by atoms with Gasteiger partial charge in [-0.25, -0.2) is 19.5 Å². The Morgan fingerprint density at radius 3 is 2.72 bits per heavy atom. The first-order valence-electron chi connectivity index (χ1n) is 9.96. The summed E-state index contributed by atoms with van der Waals surface area (Å²) in [6.45, 7) is 0. The van der Waals surface area contributed by atoms with Crippen LogP contribution in [0.5, 0.6) is 5.75 Å². The molecule has 4 aromatic rings. The molecule has 0 aliphatic heterocycles. The summed E-state index contributed by atoms with van der Waals surface area (Å²) in [6.07, 6.45) is 6.67. The Kier molecular flexibility index (Phi) is 4.80. The Morgan fingerprint density at radius 2 is 2.00 bits per heavy atom. The van der Waals surface area contributed by atoms with Crippen molar-refractivity contribution in [1.82, 2.24) is 24.6 Å². The van der Waals surface area contributed by atoms with E-state index in [4.69, 9.17) is 28.3 Å². The monoisotopic (exact) mass is 419 g/mol. The zero-order chi connectivity index (χ0) is 22.5. The molecule has 12 heteroatoms. The van der Waals surface area contributed by atoms with Crippen LogP contribution in [0.25, 0.3) is 27.8 Å². The van der Waals surface area contributed by atoms with Gasteiger partial charge in [0.1, 0.15) is 17.4 Å². The quantitative estimate of drug-likeness (QED) is 0.453. The molecule has 9 nitrogen and oxygen atoms in total. The summed E-state index contributed by atoms with van der Waals surface area (Å²) >= 11 is 0. The molecule has 0 atom stereocenters. The summed E-state index contributed by atoms with van der Waals surface area (Å²) in [5.74, 6) is 1.84. The molecule has 32 heavy (non-hydrogen) atoms. The second kappa shape index (κ2) is 7.54. The Morgan fingerprint density at radius 1 is 1.19 bits per heavy atom. The lowest BCUT2D eigenvalue weighted by atomic mass is 9.49. The summed E-state index contributed by atoms with van der Waals surface area (Å²) in [6, 6.07) is 5.35. The molecular weight excluding hydrogens is 403 g/mol. The van der Waals surface area contributed by atoms with Crippen molar-refractivity contribution in [2.24, 2.45) is 5.92 Å². The van der Waals surface area contributed by atoms with E-state index >= 15 is 0 Å². The topological polar surface area (TPSA) is 106 Å². The van der Waals surface area contributed by atoms with Crippen LogP contribution >= 0.6 is 0 Å². The lowest BCUT2D eigenvalue weighted by Crippen LogP contribution is -2.40. The fraction of sp³-hybridized carbons (Fsp3) is 0.250. The molecular formula is C20H16B3N7O2. The number of anilines is 2. The standard InChI is InChI=1S/C20H16B3N7O2/c1-32-11-4-5-16-27-18(29-30(16)9-11)14-8-25-17(28-20(21,22)23)13-7-24-15(6-12(13)14)26-19(31)10-2-3-10/h4-10H,2-3H2,1H3,(H,25,28)(H,24,26,31). The summed E-state index contributed by atoms with van der Waals surface area (Å²) in [5, 5.41) is 9.78. The van der Waals surface area contributed by atoms with E-state index in [9.17, 15) is 4.79 Å². The van der Waals surface area contributed by atoms with Crippen LogP contribution in [0.1, 0.15) is 12.8 Å². The molecule has 1 amide bonds. The van der Waals surface area contributed by atoms with Gasteiger partial charge in [-0.05, 0) is 31.0 Å². The van der Waals surface area contributed by atoms with Gasteiger partial charge >= 0.3 is 0 Å². The number of carbonyl (C=O) groups is 1. The summed E-state index contributed by atoms with van der Waals surface area (Å²) in [4.78, 5) is 25.6. The molecule has 0 unspecified atom stereocenters. The second-order valence-electron chi connectivity index (χ2n) is 7.76. The van der Waals surface area contributed by atoms with Crippen LogP contribution in [0.3, 0.4) is 0 Å². The molecule has 2 N–H and O–H groups in total. The van der Waals surface area contributed by atoms with Gasteiger partial charge in [0.05, 0.1) is 36.8 Å². The Labute approximate surface area is 187 Å². The fourth-order valence-electron chi connectivity index (χ4n) is 3.36. The molecule has 1 aliphatic carbocycles. The highest BCUT2D eigenvalue weighted by molar-refractivity contribution is 6.60. The number of methoxy groups -OCH3 is 1. The smallest absolute Gasteiger partial charge is 0.228 e.